The minimum Gasteiger partial charge on any atom is -0.0928 e. The normalized spacial score (nSPS) is 10.7. The second-order valence-corrected chi connectivity index (χ2v) is 5.77. The summed E-state index contributed by atoms with van der Waals surface area (Å²) in [6.07, 6.45) is 10.7. The fourth-order valence-electron chi connectivity index (χ4n) is 1.96. The van der Waals surface area contributed by atoms with E-state index in [1.165, 1.54) is 56.9 Å². The molecule has 0 saturated heterocycles. The van der Waals surface area contributed by atoms with Crippen molar-refractivity contribution in [1.82, 2.24) is 0 Å². The summed E-state index contributed by atoms with van der Waals surface area (Å²) >= 11 is 9.32. The molecule has 1 rings (SSSR count). The van der Waals surface area contributed by atoms with Crippen molar-refractivity contribution in [2.45, 2.75) is 51.4 Å². The third-order valence-corrected chi connectivity index (χ3v) is 3.83. The third-order valence-electron chi connectivity index (χ3n) is 3.01. The minimum atomic E-state index is 0.834. The first kappa shape index (κ1) is 15.0. The van der Waals surface area contributed by atoms with Crippen LogP contribution >= 0.6 is 27.5 Å². The molecule has 0 bridgehead atoms. The lowest BCUT2D eigenvalue weighted by atomic mass is 10.0. The number of hydrogen-bond acceptors (Lipinski definition) is 0. The van der Waals surface area contributed by atoms with E-state index < -0.39 is 0 Å². The molecule has 0 spiro atoms. The van der Waals surface area contributed by atoms with Crippen molar-refractivity contribution in [2.24, 2.45) is 0 Å². The van der Waals surface area contributed by atoms with Crippen LogP contribution in [0.5, 0.6) is 0 Å². The molecular weight excluding hydrogens is 296 g/mol. The number of hydrogen-bond donors (Lipinski definition) is 0. The highest BCUT2D eigenvalue weighted by Gasteiger charge is 1.95. The molecule has 0 amide bonds. The van der Waals surface area contributed by atoms with Gasteiger partial charge in [-0.15, -0.1) is 0 Å². The van der Waals surface area contributed by atoms with Crippen molar-refractivity contribution >= 4 is 27.5 Å². The van der Waals surface area contributed by atoms with E-state index in [2.05, 4.69) is 28.1 Å². The van der Waals surface area contributed by atoms with Crippen molar-refractivity contribution in [3.63, 3.8) is 0 Å². The van der Waals surface area contributed by atoms with Gasteiger partial charge in [0.05, 0.1) is 0 Å². The molecule has 0 fully saturated rings. The highest BCUT2D eigenvalue weighted by Crippen LogP contribution is 2.13. The van der Waals surface area contributed by atoms with E-state index in [9.17, 15) is 0 Å². The highest BCUT2D eigenvalue weighted by molar-refractivity contribution is 9.09. The van der Waals surface area contributed by atoms with Crippen LogP contribution in [0.4, 0.5) is 0 Å². The van der Waals surface area contributed by atoms with E-state index in [1.807, 2.05) is 12.1 Å². The molecule has 17 heavy (non-hydrogen) atoms. The summed E-state index contributed by atoms with van der Waals surface area (Å²) in [7, 11) is 0. The molecule has 0 aliphatic heterocycles. The second kappa shape index (κ2) is 9.96. The molecule has 96 valence electrons. The van der Waals surface area contributed by atoms with Crippen molar-refractivity contribution in [3.8, 4) is 0 Å². The summed E-state index contributed by atoms with van der Waals surface area (Å²) in [6.45, 7) is 0. The molecule has 0 nitrogen and oxygen atoms in total. The summed E-state index contributed by atoms with van der Waals surface area (Å²) in [5.74, 6) is 0. The maximum absolute atomic E-state index is 5.85. The average molecular weight is 318 g/mol. The Kier molecular flexibility index (Phi) is 8.82. The van der Waals surface area contributed by atoms with Crippen molar-refractivity contribution in [1.29, 1.82) is 0 Å². The van der Waals surface area contributed by atoms with Crippen LogP contribution in [0.25, 0.3) is 0 Å². The SMILES string of the molecule is Clc1ccc(CCCCCCCCCBr)cc1. The molecule has 1 aromatic carbocycles. The zero-order chi connectivity index (χ0) is 12.3. The Morgan fingerprint density at radius 1 is 0.765 bits per heavy atom. The zero-order valence-electron chi connectivity index (χ0n) is 10.4. The Hall–Kier alpha value is -0.0100. The van der Waals surface area contributed by atoms with Crippen LogP contribution < -0.4 is 0 Å². The maximum atomic E-state index is 5.85. The summed E-state index contributed by atoms with van der Waals surface area (Å²) < 4.78 is 0. The Morgan fingerprint density at radius 2 is 1.29 bits per heavy atom. The Morgan fingerprint density at radius 3 is 1.88 bits per heavy atom. The zero-order valence-corrected chi connectivity index (χ0v) is 12.8. The van der Waals surface area contributed by atoms with Crippen LogP contribution in [-0.4, -0.2) is 5.33 Å². The molecule has 2 heteroatoms. The van der Waals surface area contributed by atoms with Crippen molar-refractivity contribution in [2.75, 3.05) is 5.33 Å². The summed E-state index contributed by atoms with van der Waals surface area (Å²) in [5, 5.41) is 1.99. The van der Waals surface area contributed by atoms with E-state index in [0.717, 1.165) is 10.4 Å². The lowest BCUT2D eigenvalue weighted by Gasteiger charge is -2.02. The van der Waals surface area contributed by atoms with Crippen LogP contribution in [0.1, 0.15) is 50.5 Å². The average Bonchev–Trinajstić information content (AvgIpc) is 2.35. The van der Waals surface area contributed by atoms with Gasteiger partial charge in [-0.05, 0) is 37.0 Å². The fourth-order valence-corrected chi connectivity index (χ4v) is 2.48. The predicted molar refractivity (Wildman–Crippen MR) is 81.3 cm³/mol. The number of aryl methyl sites for hydroxylation is 1. The number of rotatable bonds is 9. The summed E-state index contributed by atoms with van der Waals surface area (Å²) in [5.41, 5.74) is 1.41. The van der Waals surface area contributed by atoms with Crippen LogP contribution in [0.3, 0.4) is 0 Å². The van der Waals surface area contributed by atoms with Gasteiger partial charge in [0.2, 0.25) is 0 Å². The van der Waals surface area contributed by atoms with Gasteiger partial charge in [0, 0.05) is 10.4 Å². The third kappa shape index (κ3) is 7.83. The van der Waals surface area contributed by atoms with Gasteiger partial charge in [-0.25, -0.2) is 0 Å². The first-order valence-electron chi connectivity index (χ1n) is 6.63. The second-order valence-electron chi connectivity index (χ2n) is 4.54. The first-order chi connectivity index (χ1) is 8.33. The van der Waals surface area contributed by atoms with E-state index in [-0.39, 0.29) is 0 Å². The molecular formula is C15H22BrCl. The van der Waals surface area contributed by atoms with Gasteiger partial charge in [-0.1, -0.05) is 71.8 Å². The van der Waals surface area contributed by atoms with Crippen molar-refractivity contribution < 1.29 is 0 Å². The van der Waals surface area contributed by atoms with Crippen LogP contribution in [-0.2, 0) is 6.42 Å². The number of halogens is 2. The molecule has 0 N–H and O–H groups in total. The largest absolute Gasteiger partial charge is 0.0928 e. The maximum Gasteiger partial charge on any atom is 0.0406 e. The van der Waals surface area contributed by atoms with E-state index in [4.69, 9.17) is 11.6 Å². The minimum absolute atomic E-state index is 0.834. The number of unbranched alkanes of at least 4 members (excludes halogenated alkanes) is 6. The van der Waals surface area contributed by atoms with E-state index >= 15 is 0 Å². The van der Waals surface area contributed by atoms with Crippen LogP contribution in [0.2, 0.25) is 5.02 Å². The van der Waals surface area contributed by atoms with Crippen molar-refractivity contribution in [3.05, 3.63) is 34.9 Å². The molecule has 0 aromatic heterocycles. The molecule has 0 unspecified atom stereocenters. The lowest BCUT2D eigenvalue weighted by molar-refractivity contribution is 0.591. The highest BCUT2D eigenvalue weighted by atomic mass is 79.9. The van der Waals surface area contributed by atoms with Gasteiger partial charge in [0.15, 0.2) is 0 Å². The fraction of sp³-hybridized carbons (Fsp3) is 0.600. The molecule has 0 saturated carbocycles. The molecule has 0 radical (unpaired) electrons. The van der Waals surface area contributed by atoms with Crippen LogP contribution in [0, 0.1) is 0 Å². The first-order valence-corrected chi connectivity index (χ1v) is 8.13. The molecule has 0 aliphatic rings. The van der Waals surface area contributed by atoms with Gasteiger partial charge in [0.25, 0.3) is 0 Å². The monoisotopic (exact) mass is 316 g/mol. The summed E-state index contributed by atoms with van der Waals surface area (Å²) in [4.78, 5) is 0. The lowest BCUT2D eigenvalue weighted by Crippen LogP contribution is -1.86. The van der Waals surface area contributed by atoms with Gasteiger partial charge in [-0.2, -0.15) is 0 Å². The smallest absolute Gasteiger partial charge is 0.0406 e. The molecule has 1 aromatic rings. The van der Waals surface area contributed by atoms with Gasteiger partial charge in [-0.3, -0.25) is 0 Å². The van der Waals surface area contributed by atoms with E-state index in [1.54, 1.807) is 0 Å². The Balaban J connectivity index is 1.95. The van der Waals surface area contributed by atoms with Crippen LogP contribution in [0.15, 0.2) is 24.3 Å². The van der Waals surface area contributed by atoms with Gasteiger partial charge in [0.1, 0.15) is 0 Å². The van der Waals surface area contributed by atoms with Gasteiger partial charge >= 0.3 is 0 Å². The summed E-state index contributed by atoms with van der Waals surface area (Å²) in [6, 6.07) is 8.24. The quantitative estimate of drug-likeness (QED) is 0.386. The van der Waals surface area contributed by atoms with Gasteiger partial charge < -0.3 is 0 Å². The molecule has 0 heterocycles. The number of alkyl halides is 1. The standard InChI is InChI=1S/C15H22BrCl/c16-13-7-5-3-1-2-4-6-8-14-9-11-15(17)12-10-14/h9-12H,1-8,13H2. The molecule has 0 atom stereocenters. The molecule has 0 aliphatic carbocycles. The Bertz CT molecular complexity index is 281. The predicted octanol–water partition coefficient (Wildman–Crippen LogP) is 6.01. The Labute approximate surface area is 119 Å². The topological polar surface area (TPSA) is 0 Å². The van der Waals surface area contributed by atoms with E-state index in [0.29, 0.717) is 0 Å². The number of benzene rings is 1.